The molecule has 0 spiro atoms. The van der Waals surface area contributed by atoms with Gasteiger partial charge in [-0.1, -0.05) is 0 Å². The van der Waals surface area contributed by atoms with Crippen LogP contribution >= 0.6 is 15.5 Å². The molecule has 0 unspecified atom stereocenters. The molecule has 0 aliphatic rings. The highest BCUT2D eigenvalue weighted by atomic mass is 31.2. The van der Waals surface area contributed by atoms with Gasteiger partial charge in [0.05, 0.1) is 0 Å². The fourth-order valence-corrected chi connectivity index (χ4v) is 5.56. The normalized spacial score (nSPS) is 10.9. The van der Waals surface area contributed by atoms with E-state index < -0.39 is 15.5 Å². The standard InChI is InChI=1S/C12H16OP2/c1-9-5-14(6-10(9)2)13-15-7-11(3)12(4)8-15/h5-8H,1-4H3. The third-order valence-corrected chi connectivity index (χ3v) is 6.79. The number of hydrogen-bond acceptors (Lipinski definition) is 1. The van der Waals surface area contributed by atoms with E-state index in [2.05, 4.69) is 50.9 Å². The van der Waals surface area contributed by atoms with E-state index in [1.54, 1.807) is 0 Å². The molecule has 0 fully saturated rings. The molecule has 2 aromatic rings. The Morgan fingerprint density at radius 3 is 1.20 bits per heavy atom. The quantitative estimate of drug-likeness (QED) is 0.731. The van der Waals surface area contributed by atoms with E-state index in [1.807, 2.05) is 0 Å². The molecule has 0 N–H and O–H groups in total. The summed E-state index contributed by atoms with van der Waals surface area (Å²) in [6, 6.07) is 0. The van der Waals surface area contributed by atoms with Gasteiger partial charge in [-0.05, 0) is 73.1 Å². The number of aryl methyl sites for hydroxylation is 4. The molecule has 1 nitrogen and oxygen atoms in total. The van der Waals surface area contributed by atoms with Crippen LogP contribution < -0.4 is 4.31 Å². The van der Waals surface area contributed by atoms with Gasteiger partial charge in [-0.3, -0.25) is 4.31 Å². The smallest absolute Gasteiger partial charge is 0.0213 e. The Bertz CT molecular complexity index is 397. The van der Waals surface area contributed by atoms with Gasteiger partial charge >= 0.3 is 0 Å². The Hall–Kier alpha value is -0.480. The van der Waals surface area contributed by atoms with Gasteiger partial charge in [0.15, 0.2) is 0 Å². The van der Waals surface area contributed by atoms with Crippen LogP contribution in [0.2, 0.25) is 0 Å². The van der Waals surface area contributed by atoms with E-state index in [0.717, 1.165) is 0 Å². The van der Waals surface area contributed by atoms with Crippen molar-refractivity contribution in [3.63, 3.8) is 0 Å². The third kappa shape index (κ3) is 2.37. The minimum Gasteiger partial charge on any atom is -0.284 e. The molecule has 0 aromatic carbocycles. The molecule has 0 saturated heterocycles. The lowest BCUT2D eigenvalue weighted by Crippen LogP contribution is -1.65. The van der Waals surface area contributed by atoms with Crippen LogP contribution in [0.1, 0.15) is 22.3 Å². The van der Waals surface area contributed by atoms with Crippen LogP contribution in [0, 0.1) is 27.7 Å². The van der Waals surface area contributed by atoms with Crippen LogP contribution in [-0.2, 0) is 0 Å². The summed E-state index contributed by atoms with van der Waals surface area (Å²) >= 11 is 0. The lowest BCUT2D eigenvalue weighted by molar-refractivity contribution is 0.820. The van der Waals surface area contributed by atoms with E-state index in [9.17, 15) is 0 Å². The molecule has 80 valence electrons. The molecule has 0 aliphatic carbocycles. The van der Waals surface area contributed by atoms with Crippen LogP contribution in [0.25, 0.3) is 0 Å². The van der Waals surface area contributed by atoms with Crippen LogP contribution in [-0.4, -0.2) is 0 Å². The van der Waals surface area contributed by atoms with Gasteiger partial charge in [-0.2, -0.15) is 0 Å². The van der Waals surface area contributed by atoms with Gasteiger partial charge in [-0.25, -0.2) is 0 Å². The molecule has 0 amide bonds. The van der Waals surface area contributed by atoms with Crippen molar-refractivity contribution in [1.29, 1.82) is 0 Å². The minimum absolute atomic E-state index is 0.457. The molecule has 0 aliphatic heterocycles. The summed E-state index contributed by atoms with van der Waals surface area (Å²) in [7, 11) is -0.915. The minimum atomic E-state index is -0.457. The molecular weight excluding hydrogens is 222 g/mol. The first-order valence-electron chi connectivity index (χ1n) is 5.05. The molecule has 0 bridgehead atoms. The van der Waals surface area contributed by atoms with Gasteiger partial charge in [0.25, 0.3) is 0 Å². The summed E-state index contributed by atoms with van der Waals surface area (Å²) in [6.45, 7) is 8.62. The summed E-state index contributed by atoms with van der Waals surface area (Å²) < 4.78 is 6.08. The van der Waals surface area contributed by atoms with Gasteiger partial charge in [0, 0.05) is 15.5 Å². The maximum atomic E-state index is 6.08. The molecule has 15 heavy (non-hydrogen) atoms. The van der Waals surface area contributed by atoms with Gasteiger partial charge in [-0.15, -0.1) is 0 Å². The maximum absolute atomic E-state index is 6.08. The SMILES string of the molecule is Cc1cp(Op2cc(C)c(C)c2)cc1C. The van der Waals surface area contributed by atoms with E-state index in [4.69, 9.17) is 4.31 Å². The van der Waals surface area contributed by atoms with Crippen molar-refractivity contribution in [2.75, 3.05) is 0 Å². The van der Waals surface area contributed by atoms with Crippen molar-refractivity contribution < 1.29 is 4.31 Å². The van der Waals surface area contributed by atoms with Crippen LogP contribution in [0.5, 0.6) is 0 Å². The lowest BCUT2D eigenvalue weighted by atomic mass is 10.2. The van der Waals surface area contributed by atoms with E-state index in [1.165, 1.54) is 22.3 Å². The summed E-state index contributed by atoms with van der Waals surface area (Å²) in [5, 5.41) is 0. The van der Waals surface area contributed by atoms with Crippen molar-refractivity contribution in [2.45, 2.75) is 27.7 Å². The molecule has 0 atom stereocenters. The van der Waals surface area contributed by atoms with E-state index in [-0.39, 0.29) is 0 Å². The van der Waals surface area contributed by atoms with Gasteiger partial charge < -0.3 is 0 Å². The Labute approximate surface area is 93.4 Å². The Balaban J connectivity index is 2.21. The zero-order valence-electron chi connectivity index (χ0n) is 9.61. The monoisotopic (exact) mass is 238 g/mol. The second kappa shape index (κ2) is 4.18. The Kier molecular flexibility index (Phi) is 3.07. The molecule has 2 heterocycles. The molecule has 0 saturated carbocycles. The highest BCUT2D eigenvalue weighted by molar-refractivity contribution is 7.57. The maximum Gasteiger partial charge on any atom is 0.0213 e. The zero-order valence-corrected chi connectivity index (χ0v) is 11.4. The molecule has 2 aromatic heterocycles. The van der Waals surface area contributed by atoms with Crippen molar-refractivity contribution in [2.24, 2.45) is 0 Å². The Morgan fingerprint density at radius 1 is 0.667 bits per heavy atom. The van der Waals surface area contributed by atoms with Crippen molar-refractivity contribution in [3.05, 3.63) is 45.4 Å². The highest BCUT2D eigenvalue weighted by Crippen LogP contribution is 2.41. The lowest BCUT2D eigenvalue weighted by Gasteiger charge is -1.97. The first-order chi connectivity index (χ1) is 7.06. The predicted molar refractivity (Wildman–Crippen MR) is 69.2 cm³/mol. The predicted octanol–water partition coefficient (Wildman–Crippen LogP) is 4.79. The van der Waals surface area contributed by atoms with Gasteiger partial charge in [0.1, 0.15) is 0 Å². The number of rotatable bonds is 2. The van der Waals surface area contributed by atoms with Crippen molar-refractivity contribution >= 4 is 15.5 Å². The topological polar surface area (TPSA) is 9.23 Å². The summed E-state index contributed by atoms with van der Waals surface area (Å²) in [5.74, 6) is 9.05. The third-order valence-electron chi connectivity index (χ3n) is 2.72. The van der Waals surface area contributed by atoms with Crippen LogP contribution in [0.15, 0.2) is 23.2 Å². The van der Waals surface area contributed by atoms with Crippen molar-refractivity contribution in [1.82, 2.24) is 0 Å². The molecule has 0 radical (unpaired) electrons. The van der Waals surface area contributed by atoms with Gasteiger partial charge in [0.2, 0.25) is 0 Å². The second-order valence-corrected chi connectivity index (χ2v) is 7.18. The second-order valence-electron chi connectivity index (χ2n) is 4.05. The first-order valence-corrected chi connectivity index (χ1v) is 7.85. The Morgan fingerprint density at radius 2 is 0.933 bits per heavy atom. The molecule has 3 heteroatoms. The molecular formula is C12H16OP2. The van der Waals surface area contributed by atoms with E-state index >= 15 is 0 Å². The zero-order chi connectivity index (χ0) is 11.0. The summed E-state index contributed by atoms with van der Waals surface area (Å²) in [6.07, 6.45) is 0. The summed E-state index contributed by atoms with van der Waals surface area (Å²) in [5.41, 5.74) is 5.49. The largest absolute Gasteiger partial charge is 0.284 e. The average Bonchev–Trinajstić information content (AvgIpc) is 2.59. The van der Waals surface area contributed by atoms with Crippen LogP contribution in [0.3, 0.4) is 0 Å². The molecule has 2 rings (SSSR count). The average molecular weight is 238 g/mol. The first kappa shape index (κ1) is 11.0. The fourth-order valence-electron chi connectivity index (χ4n) is 1.45. The van der Waals surface area contributed by atoms with E-state index in [0.29, 0.717) is 0 Å². The van der Waals surface area contributed by atoms with Crippen molar-refractivity contribution in [3.8, 4) is 0 Å². The summed E-state index contributed by atoms with van der Waals surface area (Å²) in [4.78, 5) is 0. The van der Waals surface area contributed by atoms with Crippen LogP contribution in [0.4, 0.5) is 0 Å². The highest BCUT2D eigenvalue weighted by Gasteiger charge is 2.04. The fraction of sp³-hybridized carbons (Fsp3) is 0.333. The number of hydrogen-bond donors (Lipinski definition) is 0.